The number of nitrogens with one attached hydrogen (secondary N) is 1. The van der Waals surface area contributed by atoms with Gasteiger partial charge in [-0.05, 0) is 36.1 Å². The molecule has 2 rings (SSSR count). The first-order chi connectivity index (χ1) is 15.6. The first-order valence-corrected chi connectivity index (χ1v) is 12.0. The molecule has 0 spiro atoms. The van der Waals surface area contributed by atoms with Gasteiger partial charge in [-0.3, -0.25) is 14.3 Å². The summed E-state index contributed by atoms with van der Waals surface area (Å²) in [7, 11) is 0. The Morgan fingerprint density at radius 3 is 2.53 bits per heavy atom. The van der Waals surface area contributed by atoms with Crippen molar-refractivity contribution in [1.82, 2.24) is 14.6 Å². The Labute approximate surface area is 193 Å². The van der Waals surface area contributed by atoms with Crippen molar-refractivity contribution >= 4 is 23.2 Å². The molecule has 0 aliphatic rings. The lowest BCUT2D eigenvalue weighted by Crippen LogP contribution is -2.29. The summed E-state index contributed by atoms with van der Waals surface area (Å²) in [5.41, 5.74) is 1.94. The molecule has 1 unspecified atom stereocenters. The first kappa shape index (κ1) is 25.9. The highest BCUT2D eigenvalue weighted by Gasteiger charge is 2.10. The second-order valence-corrected chi connectivity index (χ2v) is 8.41. The minimum Gasteiger partial charge on any atom is -0.360 e. The normalized spacial score (nSPS) is 12.3. The van der Waals surface area contributed by atoms with Crippen molar-refractivity contribution in [2.24, 2.45) is 0 Å². The number of amides is 1. The standard InChI is InChI=1S/C24H33N3O4S/c28-24(15-14-22-13-10-16-25-19-22)26-17-8-3-1-2-4-9-18-27(32(29)30)21-31-20-23-11-6-5-7-12-23/h5-7,10-16,19H,1-4,8-9,17-18,20-21H2,(H,26,28)(H,29,30). The number of ether oxygens (including phenoxy) is 1. The summed E-state index contributed by atoms with van der Waals surface area (Å²) in [6, 6.07) is 13.5. The molecule has 0 aliphatic heterocycles. The lowest BCUT2D eigenvalue weighted by Gasteiger charge is -2.17. The second-order valence-electron chi connectivity index (χ2n) is 7.43. The Kier molecular flexibility index (Phi) is 13.2. The second kappa shape index (κ2) is 16.3. The number of rotatable bonds is 16. The summed E-state index contributed by atoms with van der Waals surface area (Å²) in [6.45, 7) is 1.74. The maximum atomic E-state index is 11.8. The van der Waals surface area contributed by atoms with Gasteiger partial charge in [-0.1, -0.05) is 62.1 Å². The molecule has 2 N–H and O–H groups in total. The molecule has 0 aliphatic carbocycles. The van der Waals surface area contributed by atoms with E-state index in [2.05, 4.69) is 10.3 Å². The van der Waals surface area contributed by atoms with Crippen LogP contribution in [-0.2, 0) is 27.4 Å². The maximum absolute atomic E-state index is 11.8. The van der Waals surface area contributed by atoms with E-state index in [9.17, 15) is 13.6 Å². The fourth-order valence-electron chi connectivity index (χ4n) is 3.06. The molecule has 2 aromatic rings. The van der Waals surface area contributed by atoms with E-state index in [1.807, 2.05) is 42.5 Å². The Balaban J connectivity index is 1.46. The number of hydrogen-bond donors (Lipinski definition) is 2. The lowest BCUT2D eigenvalue weighted by molar-refractivity contribution is -0.116. The average molecular weight is 460 g/mol. The van der Waals surface area contributed by atoms with Crippen LogP contribution in [0.1, 0.15) is 49.7 Å². The van der Waals surface area contributed by atoms with Gasteiger partial charge in [-0.2, -0.15) is 4.31 Å². The molecule has 0 saturated carbocycles. The highest BCUT2D eigenvalue weighted by Crippen LogP contribution is 2.08. The molecule has 0 bridgehead atoms. The monoisotopic (exact) mass is 459 g/mol. The van der Waals surface area contributed by atoms with Crippen LogP contribution in [0.3, 0.4) is 0 Å². The highest BCUT2D eigenvalue weighted by molar-refractivity contribution is 7.76. The Morgan fingerprint density at radius 1 is 1.06 bits per heavy atom. The molecule has 32 heavy (non-hydrogen) atoms. The van der Waals surface area contributed by atoms with Crippen LogP contribution in [-0.4, -0.2) is 43.8 Å². The van der Waals surface area contributed by atoms with Gasteiger partial charge < -0.3 is 10.1 Å². The Bertz CT molecular complexity index is 819. The number of unbranched alkanes of at least 4 members (excludes halogenated alkanes) is 5. The van der Waals surface area contributed by atoms with Crippen molar-refractivity contribution in [3.8, 4) is 0 Å². The number of carbonyl (C=O) groups is 1. The van der Waals surface area contributed by atoms with Crippen LogP contribution in [0.25, 0.3) is 6.08 Å². The average Bonchev–Trinajstić information content (AvgIpc) is 2.81. The van der Waals surface area contributed by atoms with Crippen LogP contribution >= 0.6 is 0 Å². The van der Waals surface area contributed by atoms with Crippen molar-refractivity contribution < 1.29 is 18.3 Å². The summed E-state index contributed by atoms with van der Waals surface area (Å²) < 4.78 is 27.9. The van der Waals surface area contributed by atoms with Crippen molar-refractivity contribution in [2.45, 2.75) is 45.1 Å². The van der Waals surface area contributed by atoms with Gasteiger partial charge in [0.1, 0.15) is 6.73 Å². The van der Waals surface area contributed by atoms with Crippen molar-refractivity contribution in [3.63, 3.8) is 0 Å². The summed E-state index contributed by atoms with van der Waals surface area (Å²) in [5, 5.41) is 2.89. The van der Waals surface area contributed by atoms with E-state index in [-0.39, 0.29) is 12.6 Å². The molecule has 0 radical (unpaired) electrons. The van der Waals surface area contributed by atoms with Gasteiger partial charge in [0.25, 0.3) is 0 Å². The number of nitrogens with zero attached hydrogens (tertiary/aromatic N) is 2. The van der Waals surface area contributed by atoms with Gasteiger partial charge in [-0.25, -0.2) is 4.21 Å². The van der Waals surface area contributed by atoms with E-state index in [4.69, 9.17) is 4.74 Å². The summed E-state index contributed by atoms with van der Waals surface area (Å²) in [5.74, 6) is -0.0968. The van der Waals surface area contributed by atoms with Gasteiger partial charge in [0.05, 0.1) is 6.61 Å². The predicted octanol–water partition coefficient (Wildman–Crippen LogP) is 4.16. The van der Waals surface area contributed by atoms with Gasteiger partial charge >= 0.3 is 0 Å². The Hall–Kier alpha value is -2.39. The van der Waals surface area contributed by atoms with Gasteiger partial charge in [0.2, 0.25) is 17.2 Å². The van der Waals surface area contributed by atoms with Gasteiger partial charge in [-0.15, -0.1) is 0 Å². The largest absolute Gasteiger partial charge is 0.360 e. The van der Waals surface area contributed by atoms with Crippen LogP contribution in [0.15, 0.2) is 60.9 Å². The van der Waals surface area contributed by atoms with E-state index in [1.54, 1.807) is 18.5 Å². The topological polar surface area (TPSA) is 91.8 Å². The van der Waals surface area contributed by atoms with Crippen molar-refractivity contribution in [2.75, 3.05) is 19.8 Å². The number of benzene rings is 1. The number of carbonyl (C=O) groups excluding carboxylic acids is 1. The van der Waals surface area contributed by atoms with Crippen LogP contribution in [0.4, 0.5) is 0 Å². The zero-order valence-corrected chi connectivity index (χ0v) is 19.2. The zero-order chi connectivity index (χ0) is 22.9. The predicted molar refractivity (Wildman–Crippen MR) is 128 cm³/mol. The number of aromatic nitrogens is 1. The molecule has 1 atom stereocenters. The summed E-state index contributed by atoms with van der Waals surface area (Å²) in [4.78, 5) is 15.8. The highest BCUT2D eigenvalue weighted by atomic mass is 32.2. The molecule has 1 amide bonds. The quantitative estimate of drug-likeness (QED) is 0.170. The molecule has 0 saturated heterocycles. The fourth-order valence-corrected chi connectivity index (χ4v) is 3.51. The van der Waals surface area contributed by atoms with Gasteiger partial charge in [0, 0.05) is 31.6 Å². The third kappa shape index (κ3) is 11.9. The molecular formula is C24H33N3O4S. The van der Waals surface area contributed by atoms with E-state index in [1.165, 1.54) is 10.4 Å². The minimum atomic E-state index is -2.03. The van der Waals surface area contributed by atoms with Crippen LogP contribution in [0.2, 0.25) is 0 Å². The van der Waals surface area contributed by atoms with Crippen molar-refractivity contribution in [1.29, 1.82) is 0 Å². The molecule has 1 aromatic carbocycles. The van der Waals surface area contributed by atoms with E-state index in [0.29, 0.717) is 19.7 Å². The molecule has 8 heteroatoms. The minimum absolute atomic E-state index is 0.0968. The van der Waals surface area contributed by atoms with Crippen molar-refractivity contribution in [3.05, 3.63) is 72.1 Å². The molecule has 7 nitrogen and oxygen atoms in total. The lowest BCUT2D eigenvalue weighted by atomic mass is 10.1. The molecular weight excluding hydrogens is 426 g/mol. The van der Waals surface area contributed by atoms with Crippen LogP contribution in [0.5, 0.6) is 0 Å². The summed E-state index contributed by atoms with van der Waals surface area (Å²) in [6.07, 6.45) is 12.6. The number of pyridine rings is 1. The smallest absolute Gasteiger partial charge is 0.243 e. The van der Waals surface area contributed by atoms with Gasteiger partial charge in [0.15, 0.2) is 0 Å². The molecule has 174 valence electrons. The van der Waals surface area contributed by atoms with E-state index >= 15 is 0 Å². The van der Waals surface area contributed by atoms with E-state index < -0.39 is 11.3 Å². The first-order valence-electron chi connectivity index (χ1n) is 11.0. The zero-order valence-electron chi connectivity index (χ0n) is 18.4. The van der Waals surface area contributed by atoms with E-state index in [0.717, 1.165) is 49.7 Å². The van der Waals surface area contributed by atoms with Crippen LogP contribution in [0, 0.1) is 0 Å². The summed E-state index contributed by atoms with van der Waals surface area (Å²) >= 11 is -2.03. The Morgan fingerprint density at radius 2 is 1.81 bits per heavy atom. The number of hydrogen-bond acceptors (Lipinski definition) is 4. The maximum Gasteiger partial charge on any atom is 0.243 e. The third-order valence-corrected chi connectivity index (χ3v) is 5.54. The SMILES string of the molecule is O=C(C=Cc1cccnc1)NCCCCCCCCN(COCc1ccccc1)S(=O)O. The fraction of sp³-hybridized carbons (Fsp3) is 0.417. The molecule has 1 aromatic heterocycles. The van der Waals surface area contributed by atoms with Crippen LogP contribution < -0.4 is 5.32 Å². The third-order valence-electron chi connectivity index (χ3n) is 4.81. The molecule has 0 fully saturated rings. The molecule has 1 heterocycles.